The normalized spacial score (nSPS) is 21.4. The first-order valence-electron chi connectivity index (χ1n) is 7.25. The van der Waals surface area contributed by atoms with Crippen LogP contribution in [-0.4, -0.2) is 5.66 Å². The second-order valence-electron chi connectivity index (χ2n) is 7.07. The molecule has 20 heavy (non-hydrogen) atoms. The first-order chi connectivity index (χ1) is 9.31. The van der Waals surface area contributed by atoms with E-state index in [-0.39, 0.29) is 5.66 Å². The van der Waals surface area contributed by atoms with Gasteiger partial charge in [0.1, 0.15) is 10.7 Å². The predicted octanol–water partition coefficient (Wildman–Crippen LogP) is 4.40. The molecule has 1 aromatic carbocycles. The van der Waals surface area contributed by atoms with Crippen molar-refractivity contribution in [2.45, 2.75) is 52.1 Å². The van der Waals surface area contributed by atoms with Gasteiger partial charge in [-0.25, -0.2) is 0 Å². The molecule has 2 aliphatic rings. The molecule has 2 nitrogen and oxygen atoms in total. The second kappa shape index (κ2) is 4.91. The Balaban J connectivity index is 1.94. The summed E-state index contributed by atoms with van der Waals surface area (Å²) in [6.45, 7) is 7.04. The molecular weight excluding hydrogens is 380 g/mol. The van der Waals surface area contributed by atoms with Crippen LogP contribution in [0.15, 0.2) is 31.1 Å². The van der Waals surface area contributed by atoms with E-state index in [1.807, 2.05) is 12.1 Å². The van der Waals surface area contributed by atoms with Gasteiger partial charge in [-0.3, -0.25) is 9.98 Å². The Hall–Kier alpha value is -0.220. The Morgan fingerprint density at radius 2 is 1.45 bits per heavy atom. The molecule has 1 spiro atoms. The van der Waals surface area contributed by atoms with E-state index in [4.69, 9.17) is 9.98 Å². The van der Waals surface area contributed by atoms with Crippen molar-refractivity contribution < 1.29 is 0 Å². The van der Waals surface area contributed by atoms with Crippen molar-refractivity contribution in [1.82, 2.24) is 0 Å². The molecule has 0 unspecified atom stereocenters. The Morgan fingerprint density at radius 3 is 1.85 bits per heavy atom. The largest absolute Gasteiger partial charge is 0.252 e. The zero-order valence-corrected chi connectivity index (χ0v) is 15.4. The molecule has 0 aromatic heterocycles. The summed E-state index contributed by atoms with van der Waals surface area (Å²) in [6, 6.07) is 4.09. The van der Waals surface area contributed by atoms with Gasteiger partial charge in [-0.15, -0.1) is 0 Å². The number of hydrogen-bond donors (Lipinski definition) is 0. The van der Waals surface area contributed by atoms with Crippen LogP contribution in [-0.2, 0) is 0 Å². The molecule has 1 saturated carbocycles. The van der Waals surface area contributed by atoms with E-state index in [0.29, 0.717) is 5.41 Å². The van der Waals surface area contributed by atoms with Gasteiger partial charge >= 0.3 is 0 Å². The first-order valence-corrected chi connectivity index (χ1v) is 8.83. The van der Waals surface area contributed by atoms with Gasteiger partial charge in [0, 0.05) is 8.95 Å². The minimum atomic E-state index is -0.198. The van der Waals surface area contributed by atoms with Crippen molar-refractivity contribution in [1.29, 1.82) is 0 Å². The number of fused-ring (bicyclic) bond motifs is 1. The summed E-state index contributed by atoms with van der Waals surface area (Å²) in [6.07, 6.45) is 4.59. The van der Waals surface area contributed by atoms with Crippen molar-refractivity contribution in [3.63, 3.8) is 0 Å². The van der Waals surface area contributed by atoms with Crippen LogP contribution in [0.1, 0.15) is 46.5 Å². The van der Waals surface area contributed by atoms with Crippen LogP contribution in [0.4, 0.5) is 0 Å². The maximum atomic E-state index is 4.98. The molecule has 0 amide bonds. The third kappa shape index (κ3) is 2.50. The highest BCUT2D eigenvalue weighted by molar-refractivity contribution is 9.11. The van der Waals surface area contributed by atoms with E-state index in [2.05, 4.69) is 52.6 Å². The maximum Gasteiger partial charge on any atom is 0.151 e. The monoisotopic (exact) mass is 398 g/mol. The molecule has 1 fully saturated rings. The molecule has 4 heteroatoms. The SMILES string of the molecule is CC(C)(C)C1CCC2(CC1)N=c1c(Br)ccc(Br)c1=N2. The Kier molecular flexibility index (Phi) is 3.61. The fraction of sp³-hybridized carbons (Fsp3) is 0.625. The highest BCUT2D eigenvalue weighted by atomic mass is 79.9. The fourth-order valence-corrected chi connectivity index (χ4v) is 4.17. The maximum absolute atomic E-state index is 4.98. The minimum Gasteiger partial charge on any atom is -0.252 e. The lowest BCUT2D eigenvalue weighted by atomic mass is 9.70. The van der Waals surface area contributed by atoms with Crippen LogP contribution in [0, 0.1) is 11.3 Å². The van der Waals surface area contributed by atoms with E-state index >= 15 is 0 Å². The Morgan fingerprint density at radius 1 is 1.00 bits per heavy atom. The van der Waals surface area contributed by atoms with Crippen molar-refractivity contribution >= 4 is 31.9 Å². The molecule has 1 aliphatic carbocycles. The van der Waals surface area contributed by atoms with Gasteiger partial charge in [0.25, 0.3) is 0 Å². The van der Waals surface area contributed by atoms with Gasteiger partial charge in [0.15, 0.2) is 5.66 Å². The van der Waals surface area contributed by atoms with Gasteiger partial charge in [0.2, 0.25) is 0 Å². The van der Waals surface area contributed by atoms with Crippen LogP contribution >= 0.6 is 31.9 Å². The fourth-order valence-electron chi connectivity index (χ4n) is 3.35. The predicted molar refractivity (Wildman–Crippen MR) is 88.3 cm³/mol. The Labute approximate surface area is 137 Å². The van der Waals surface area contributed by atoms with Crippen molar-refractivity contribution in [2.75, 3.05) is 0 Å². The summed E-state index contributed by atoms with van der Waals surface area (Å²) < 4.78 is 2.10. The van der Waals surface area contributed by atoms with Crippen LogP contribution in [0.5, 0.6) is 0 Å². The zero-order chi connectivity index (χ0) is 14.5. The molecule has 1 heterocycles. The number of nitrogens with zero attached hydrogens (tertiary/aromatic N) is 2. The highest BCUT2D eigenvalue weighted by Gasteiger charge is 2.40. The molecule has 1 aliphatic heterocycles. The van der Waals surface area contributed by atoms with E-state index in [1.54, 1.807) is 0 Å². The summed E-state index contributed by atoms with van der Waals surface area (Å²) in [5, 5.41) is 2.04. The second-order valence-corrected chi connectivity index (χ2v) is 8.78. The van der Waals surface area contributed by atoms with Gasteiger partial charge in [0.05, 0.1) is 0 Å². The molecule has 0 bridgehead atoms. The summed E-state index contributed by atoms with van der Waals surface area (Å²) >= 11 is 7.20. The van der Waals surface area contributed by atoms with Gasteiger partial charge in [-0.1, -0.05) is 20.8 Å². The third-order valence-electron chi connectivity index (χ3n) is 4.70. The molecule has 0 radical (unpaired) electrons. The molecule has 0 N–H and O–H groups in total. The average molecular weight is 400 g/mol. The molecular formula is C16H20Br2N2. The van der Waals surface area contributed by atoms with Crippen LogP contribution in [0.3, 0.4) is 0 Å². The van der Waals surface area contributed by atoms with Crippen LogP contribution in [0.2, 0.25) is 0 Å². The molecule has 108 valence electrons. The Bertz CT molecular complexity index is 607. The summed E-state index contributed by atoms with van der Waals surface area (Å²) in [4.78, 5) is 9.95. The number of rotatable bonds is 0. The lowest BCUT2D eigenvalue weighted by Crippen LogP contribution is -2.34. The van der Waals surface area contributed by atoms with E-state index in [9.17, 15) is 0 Å². The first kappa shape index (κ1) is 14.7. The zero-order valence-electron chi connectivity index (χ0n) is 12.2. The third-order valence-corrected chi connectivity index (χ3v) is 5.98. The summed E-state index contributed by atoms with van der Waals surface area (Å²) in [7, 11) is 0. The standard InChI is InChI=1S/C16H20Br2N2/c1-15(2,3)10-6-8-16(9-7-10)19-13-11(17)4-5-12(18)14(13)20-16/h4-5,10H,6-9H2,1-3H3. The average Bonchev–Trinajstić information content (AvgIpc) is 2.74. The number of hydrogen-bond acceptors (Lipinski definition) is 2. The summed E-state index contributed by atoms with van der Waals surface area (Å²) in [5.74, 6) is 0.786. The van der Waals surface area contributed by atoms with Crippen LogP contribution in [0.25, 0.3) is 0 Å². The van der Waals surface area contributed by atoms with Crippen molar-refractivity contribution in [3.05, 3.63) is 31.8 Å². The number of benzene rings is 1. The van der Waals surface area contributed by atoms with Crippen LogP contribution < -0.4 is 10.7 Å². The lowest BCUT2D eigenvalue weighted by Gasteiger charge is -2.39. The lowest BCUT2D eigenvalue weighted by molar-refractivity contribution is 0.138. The number of halogens is 2. The van der Waals surface area contributed by atoms with Crippen molar-refractivity contribution in [3.8, 4) is 0 Å². The molecule has 0 atom stereocenters. The van der Waals surface area contributed by atoms with Crippen molar-refractivity contribution in [2.24, 2.45) is 21.3 Å². The van der Waals surface area contributed by atoms with Gasteiger partial charge in [-0.05, 0) is 81.0 Å². The minimum absolute atomic E-state index is 0.198. The molecule has 3 rings (SSSR count). The molecule has 1 aromatic rings. The quantitative estimate of drug-likeness (QED) is 0.617. The smallest absolute Gasteiger partial charge is 0.151 e. The molecule has 0 saturated heterocycles. The summed E-state index contributed by atoms with van der Waals surface area (Å²) in [5.41, 5.74) is 0.199. The van der Waals surface area contributed by atoms with Gasteiger partial charge in [-0.2, -0.15) is 0 Å². The van der Waals surface area contributed by atoms with E-state index in [1.165, 1.54) is 12.8 Å². The van der Waals surface area contributed by atoms with E-state index in [0.717, 1.165) is 38.4 Å². The van der Waals surface area contributed by atoms with E-state index < -0.39 is 0 Å². The highest BCUT2D eigenvalue weighted by Crippen LogP contribution is 2.43. The van der Waals surface area contributed by atoms with Gasteiger partial charge < -0.3 is 0 Å². The topological polar surface area (TPSA) is 24.7 Å².